The summed E-state index contributed by atoms with van der Waals surface area (Å²) in [4.78, 5) is 0. The lowest BCUT2D eigenvalue weighted by Gasteiger charge is -2.20. The Morgan fingerprint density at radius 3 is 2.35 bits per heavy atom. The van der Waals surface area contributed by atoms with E-state index in [-0.39, 0.29) is 0 Å². The Balaban J connectivity index is 1.77. The molecule has 31 heavy (non-hydrogen) atoms. The fourth-order valence-electron chi connectivity index (χ4n) is 3.15. The Morgan fingerprint density at radius 1 is 0.871 bits per heavy atom. The van der Waals surface area contributed by atoms with Gasteiger partial charge in [0.05, 0.1) is 24.9 Å². The maximum absolute atomic E-state index is 6.35. The van der Waals surface area contributed by atoms with Crippen LogP contribution in [-0.4, -0.2) is 24.4 Å². The highest BCUT2D eigenvalue weighted by Crippen LogP contribution is 2.39. The first-order valence-electron chi connectivity index (χ1n) is 9.41. The van der Waals surface area contributed by atoms with Crippen LogP contribution in [0.25, 0.3) is 11.5 Å². The van der Waals surface area contributed by atoms with Crippen molar-refractivity contribution in [3.05, 3.63) is 88.2 Å². The molecule has 4 aromatic rings. The molecule has 8 heteroatoms. The van der Waals surface area contributed by atoms with E-state index < -0.39 is 6.04 Å². The highest BCUT2D eigenvalue weighted by atomic mass is 35.5. The van der Waals surface area contributed by atoms with Gasteiger partial charge in [-0.15, -0.1) is 10.2 Å². The maximum atomic E-state index is 6.35. The molecule has 0 bridgehead atoms. The number of rotatable bonds is 7. The average Bonchev–Trinajstić information content (AvgIpc) is 3.28. The van der Waals surface area contributed by atoms with E-state index in [0.717, 1.165) is 11.1 Å². The van der Waals surface area contributed by atoms with Gasteiger partial charge in [0.2, 0.25) is 11.8 Å². The number of hydrogen-bond donors (Lipinski definition) is 1. The SMILES string of the molecule is COc1cc(OC)c(N[C@@H](c2cccc(Cl)c2)c2nnc(-c3ccccc3)o2)cc1Cl. The molecule has 3 aromatic carbocycles. The number of nitrogens with zero attached hydrogens (tertiary/aromatic N) is 2. The number of ether oxygens (including phenoxy) is 2. The monoisotopic (exact) mass is 455 g/mol. The van der Waals surface area contributed by atoms with Gasteiger partial charge in [0.25, 0.3) is 0 Å². The predicted octanol–water partition coefficient (Wildman–Crippen LogP) is 6.26. The van der Waals surface area contributed by atoms with Crippen molar-refractivity contribution in [1.29, 1.82) is 0 Å². The van der Waals surface area contributed by atoms with Crippen LogP contribution >= 0.6 is 23.2 Å². The third-order valence-electron chi connectivity index (χ3n) is 4.66. The van der Waals surface area contributed by atoms with Crippen molar-refractivity contribution in [3.8, 4) is 23.0 Å². The highest BCUT2D eigenvalue weighted by Gasteiger charge is 2.24. The van der Waals surface area contributed by atoms with E-state index in [1.807, 2.05) is 48.5 Å². The third kappa shape index (κ3) is 4.60. The van der Waals surface area contributed by atoms with E-state index in [0.29, 0.717) is 39.0 Å². The zero-order chi connectivity index (χ0) is 21.8. The minimum atomic E-state index is -0.498. The van der Waals surface area contributed by atoms with Gasteiger partial charge in [-0.2, -0.15) is 0 Å². The van der Waals surface area contributed by atoms with Crippen LogP contribution in [0.1, 0.15) is 17.5 Å². The van der Waals surface area contributed by atoms with Crippen LogP contribution in [-0.2, 0) is 0 Å². The molecule has 0 aliphatic heterocycles. The largest absolute Gasteiger partial charge is 0.495 e. The summed E-state index contributed by atoms with van der Waals surface area (Å²) in [7, 11) is 3.12. The molecule has 4 rings (SSSR count). The molecular weight excluding hydrogens is 437 g/mol. The molecule has 158 valence electrons. The predicted molar refractivity (Wildman–Crippen MR) is 121 cm³/mol. The summed E-state index contributed by atoms with van der Waals surface area (Å²) in [6.07, 6.45) is 0. The minimum absolute atomic E-state index is 0.370. The van der Waals surface area contributed by atoms with Crippen molar-refractivity contribution < 1.29 is 13.9 Å². The fourth-order valence-corrected chi connectivity index (χ4v) is 3.59. The van der Waals surface area contributed by atoms with Gasteiger partial charge in [-0.1, -0.05) is 53.5 Å². The lowest BCUT2D eigenvalue weighted by Crippen LogP contribution is -2.14. The van der Waals surface area contributed by atoms with Crippen LogP contribution < -0.4 is 14.8 Å². The summed E-state index contributed by atoms with van der Waals surface area (Å²) in [5, 5.41) is 12.9. The van der Waals surface area contributed by atoms with Crippen LogP contribution in [0.2, 0.25) is 10.0 Å². The first-order chi connectivity index (χ1) is 15.1. The van der Waals surface area contributed by atoms with Crippen LogP contribution in [0.5, 0.6) is 11.5 Å². The molecule has 0 amide bonds. The van der Waals surface area contributed by atoms with E-state index in [2.05, 4.69) is 15.5 Å². The van der Waals surface area contributed by atoms with Gasteiger partial charge in [0.15, 0.2) is 0 Å². The van der Waals surface area contributed by atoms with Gasteiger partial charge in [-0.05, 0) is 35.9 Å². The molecule has 0 saturated carbocycles. The van der Waals surface area contributed by atoms with Crippen LogP contribution in [0.15, 0.2) is 71.1 Å². The second-order valence-corrected chi connectivity index (χ2v) is 7.47. The molecule has 0 unspecified atom stereocenters. The quantitative estimate of drug-likeness (QED) is 0.354. The molecule has 0 radical (unpaired) electrons. The smallest absolute Gasteiger partial charge is 0.247 e. The third-order valence-corrected chi connectivity index (χ3v) is 5.19. The molecule has 1 N–H and O–H groups in total. The molecule has 1 aromatic heterocycles. The number of nitrogens with one attached hydrogen (secondary N) is 1. The first kappa shape index (κ1) is 21.0. The van der Waals surface area contributed by atoms with Crippen molar-refractivity contribution in [2.45, 2.75) is 6.04 Å². The van der Waals surface area contributed by atoms with E-state index in [9.17, 15) is 0 Å². The van der Waals surface area contributed by atoms with Gasteiger partial charge in [-0.3, -0.25) is 0 Å². The Kier molecular flexibility index (Phi) is 6.30. The molecular formula is C23H19Cl2N3O3. The van der Waals surface area contributed by atoms with Gasteiger partial charge in [0.1, 0.15) is 17.5 Å². The van der Waals surface area contributed by atoms with Gasteiger partial charge in [-0.25, -0.2) is 0 Å². The minimum Gasteiger partial charge on any atom is -0.495 e. The molecule has 6 nitrogen and oxygen atoms in total. The Labute approximate surface area is 189 Å². The first-order valence-corrected chi connectivity index (χ1v) is 10.2. The van der Waals surface area contributed by atoms with Crippen molar-refractivity contribution in [2.24, 2.45) is 0 Å². The Morgan fingerprint density at radius 2 is 1.65 bits per heavy atom. The average molecular weight is 456 g/mol. The maximum Gasteiger partial charge on any atom is 0.247 e. The second-order valence-electron chi connectivity index (χ2n) is 6.63. The normalized spacial score (nSPS) is 11.7. The topological polar surface area (TPSA) is 69.4 Å². The van der Waals surface area contributed by atoms with Gasteiger partial charge < -0.3 is 19.2 Å². The van der Waals surface area contributed by atoms with Crippen molar-refractivity contribution >= 4 is 28.9 Å². The second kappa shape index (κ2) is 9.29. The van der Waals surface area contributed by atoms with Crippen LogP contribution in [0.3, 0.4) is 0 Å². The van der Waals surface area contributed by atoms with E-state index in [1.165, 1.54) is 0 Å². The van der Waals surface area contributed by atoms with Crippen molar-refractivity contribution in [3.63, 3.8) is 0 Å². The number of anilines is 1. The highest BCUT2D eigenvalue weighted by molar-refractivity contribution is 6.32. The molecule has 0 saturated heterocycles. The van der Waals surface area contributed by atoms with Crippen LogP contribution in [0, 0.1) is 0 Å². The zero-order valence-electron chi connectivity index (χ0n) is 16.8. The Hall–Kier alpha value is -3.22. The summed E-state index contributed by atoms with van der Waals surface area (Å²) in [5.74, 6) is 1.85. The molecule has 0 aliphatic rings. The van der Waals surface area contributed by atoms with E-state index >= 15 is 0 Å². The van der Waals surface area contributed by atoms with Crippen molar-refractivity contribution in [2.75, 3.05) is 19.5 Å². The number of benzene rings is 3. The summed E-state index contributed by atoms with van der Waals surface area (Å²) in [5.41, 5.74) is 2.30. The summed E-state index contributed by atoms with van der Waals surface area (Å²) >= 11 is 12.6. The molecule has 1 atom stereocenters. The molecule has 1 heterocycles. The van der Waals surface area contributed by atoms with Crippen LogP contribution in [0.4, 0.5) is 5.69 Å². The lowest BCUT2D eigenvalue weighted by molar-refractivity contribution is 0.395. The van der Waals surface area contributed by atoms with Gasteiger partial charge in [0, 0.05) is 16.7 Å². The van der Waals surface area contributed by atoms with E-state index in [1.54, 1.807) is 32.4 Å². The zero-order valence-corrected chi connectivity index (χ0v) is 18.3. The van der Waals surface area contributed by atoms with E-state index in [4.69, 9.17) is 37.1 Å². The number of halogens is 2. The summed E-state index contributed by atoms with van der Waals surface area (Å²) < 4.78 is 16.8. The number of aromatic nitrogens is 2. The molecule has 0 spiro atoms. The van der Waals surface area contributed by atoms with Crippen molar-refractivity contribution in [1.82, 2.24) is 10.2 Å². The summed E-state index contributed by atoms with van der Waals surface area (Å²) in [6.45, 7) is 0. The summed E-state index contributed by atoms with van der Waals surface area (Å²) in [6, 6.07) is 19.9. The lowest BCUT2D eigenvalue weighted by atomic mass is 10.1. The molecule has 0 aliphatic carbocycles. The standard InChI is InChI=1S/C23H19Cl2N3O3/c1-29-19-13-20(30-2)18(12-17(19)25)26-21(15-9-6-10-16(24)11-15)23-28-27-22(31-23)14-7-4-3-5-8-14/h3-13,21,26H,1-2H3/t21-/m0/s1. The van der Waals surface area contributed by atoms with Gasteiger partial charge >= 0.3 is 0 Å². The fraction of sp³-hybridized carbons (Fsp3) is 0.130. The Bertz CT molecular complexity index is 1180. The number of methoxy groups -OCH3 is 2. The molecule has 0 fully saturated rings. The number of hydrogen-bond acceptors (Lipinski definition) is 6.